The second-order valence-electron chi connectivity index (χ2n) is 10.3. The van der Waals surface area contributed by atoms with Crippen LogP contribution in [0.1, 0.15) is 49.3 Å². The van der Waals surface area contributed by atoms with Crippen LogP contribution in [0.5, 0.6) is 5.75 Å². The minimum Gasteiger partial charge on any atom is -0.497 e. The van der Waals surface area contributed by atoms with Gasteiger partial charge in [-0.05, 0) is 87.0 Å². The Morgan fingerprint density at radius 1 is 0.909 bits per heavy atom. The average molecular weight is 639 g/mol. The summed E-state index contributed by atoms with van der Waals surface area (Å²) in [5.41, 5.74) is 3.50. The molecule has 0 unspecified atom stereocenters. The molecule has 44 heavy (non-hydrogen) atoms. The molecule has 1 aromatic heterocycles. The molecular weight excluding hydrogens is 600 g/mol. The summed E-state index contributed by atoms with van der Waals surface area (Å²) in [5, 5.41) is 4.22. The van der Waals surface area contributed by atoms with Crippen molar-refractivity contribution in [1.29, 1.82) is 0 Å². The largest absolute Gasteiger partial charge is 0.497 e. The Balaban J connectivity index is 1.78. The molecule has 0 spiro atoms. The van der Waals surface area contributed by atoms with Gasteiger partial charge in [0.25, 0.3) is 5.91 Å². The molecule has 0 aliphatic heterocycles. The van der Waals surface area contributed by atoms with Crippen molar-refractivity contribution < 1.29 is 22.7 Å². The predicted octanol–water partition coefficient (Wildman–Crippen LogP) is 6.36. The van der Waals surface area contributed by atoms with Gasteiger partial charge in [0.1, 0.15) is 5.75 Å². The van der Waals surface area contributed by atoms with Crippen molar-refractivity contribution in [1.82, 2.24) is 8.87 Å². The quantitative estimate of drug-likeness (QED) is 0.194. The Hall–Kier alpha value is -3.86. The zero-order valence-electron chi connectivity index (χ0n) is 26.0. The molecule has 1 heterocycles. The molecule has 4 aromatic rings. The maximum absolute atomic E-state index is 13.7. The van der Waals surface area contributed by atoms with E-state index in [4.69, 9.17) is 16.3 Å². The van der Waals surface area contributed by atoms with Crippen molar-refractivity contribution in [2.75, 3.05) is 43.5 Å². The second kappa shape index (κ2) is 13.8. The number of carbonyl (C=O) groups is 2. The number of benzene rings is 3. The van der Waals surface area contributed by atoms with E-state index in [0.717, 1.165) is 5.69 Å². The van der Waals surface area contributed by atoms with Crippen LogP contribution in [0.15, 0.2) is 65.6 Å². The van der Waals surface area contributed by atoms with Crippen molar-refractivity contribution in [3.63, 3.8) is 0 Å². The smallest absolute Gasteiger partial charge is 0.262 e. The average Bonchev–Trinajstić information content (AvgIpc) is 3.28. The molecule has 0 atom stereocenters. The summed E-state index contributed by atoms with van der Waals surface area (Å²) < 4.78 is 35.1. The SMILES string of the molecule is CCN(CC)c1ccc(S(=O)(=O)N(CC)CC)cc1NC(=O)Cc1c(C)n(C(=O)c2ccc(Cl)cc2)c2ccc(OC)cc12. The van der Waals surface area contributed by atoms with E-state index in [1.165, 1.54) is 10.4 Å². The summed E-state index contributed by atoms with van der Waals surface area (Å²) in [6, 6.07) is 16.9. The highest BCUT2D eigenvalue weighted by atomic mass is 35.5. The number of carbonyl (C=O) groups excluding carboxylic acids is 2. The van der Waals surface area contributed by atoms with Gasteiger partial charge in [-0.3, -0.25) is 14.2 Å². The molecule has 0 aliphatic rings. The van der Waals surface area contributed by atoms with Crippen LogP contribution in [-0.4, -0.2) is 62.4 Å². The van der Waals surface area contributed by atoms with E-state index in [-0.39, 0.29) is 23.1 Å². The summed E-state index contributed by atoms with van der Waals surface area (Å²) in [6.45, 7) is 11.4. The van der Waals surface area contributed by atoms with E-state index < -0.39 is 10.0 Å². The van der Waals surface area contributed by atoms with Crippen LogP contribution >= 0.6 is 11.6 Å². The highest BCUT2D eigenvalue weighted by molar-refractivity contribution is 7.89. The molecule has 0 saturated heterocycles. The molecule has 1 amide bonds. The number of hydrogen-bond acceptors (Lipinski definition) is 6. The lowest BCUT2D eigenvalue weighted by molar-refractivity contribution is -0.115. The van der Waals surface area contributed by atoms with Gasteiger partial charge in [0, 0.05) is 47.8 Å². The Labute approximate surface area is 264 Å². The molecule has 4 rings (SSSR count). The number of halogens is 1. The van der Waals surface area contributed by atoms with Crippen molar-refractivity contribution >= 4 is 55.7 Å². The number of aromatic nitrogens is 1. The minimum atomic E-state index is -3.75. The lowest BCUT2D eigenvalue weighted by Gasteiger charge is -2.26. The van der Waals surface area contributed by atoms with Crippen molar-refractivity contribution in [3.05, 3.63) is 82.5 Å². The molecular formula is C33H39ClN4O5S. The monoisotopic (exact) mass is 638 g/mol. The summed E-state index contributed by atoms with van der Waals surface area (Å²) in [5.74, 6) is -0.00722. The second-order valence-corrected chi connectivity index (χ2v) is 12.6. The van der Waals surface area contributed by atoms with E-state index >= 15 is 0 Å². The standard InChI is InChI=1S/C33H39ClN4O5S/c1-7-36(8-2)31-18-16-26(44(41,42)37(9-3)10-4)20-29(31)35-32(39)21-27-22(5)38(30-17-15-25(43-6)19-28(27)30)33(40)23-11-13-24(34)14-12-23/h11-20H,7-10,21H2,1-6H3,(H,35,39). The van der Waals surface area contributed by atoms with E-state index in [1.807, 2.05) is 26.8 Å². The van der Waals surface area contributed by atoms with E-state index in [2.05, 4.69) is 10.2 Å². The number of hydrogen-bond donors (Lipinski definition) is 1. The lowest BCUT2D eigenvalue weighted by Crippen LogP contribution is -2.31. The first kappa shape index (κ1) is 33.0. The van der Waals surface area contributed by atoms with Crippen molar-refractivity contribution in [3.8, 4) is 5.75 Å². The predicted molar refractivity (Wildman–Crippen MR) is 177 cm³/mol. The molecule has 11 heteroatoms. The topological polar surface area (TPSA) is 101 Å². The van der Waals surface area contributed by atoms with E-state index in [1.54, 1.807) is 74.1 Å². The van der Waals surface area contributed by atoms with Gasteiger partial charge in [0.05, 0.1) is 35.3 Å². The first-order valence-electron chi connectivity index (χ1n) is 14.7. The van der Waals surface area contributed by atoms with Crippen LogP contribution in [0.25, 0.3) is 10.9 Å². The van der Waals surface area contributed by atoms with Gasteiger partial charge >= 0.3 is 0 Å². The number of rotatable bonds is 12. The molecule has 0 bridgehead atoms. The molecule has 1 N–H and O–H groups in total. The number of nitrogens with one attached hydrogen (secondary N) is 1. The minimum absolute atomic E-state index is 0.0545. The maximum Gasteiger partial charge on any atom is 0.262 e. The Kier molecular flexibility index (Phi) is 10.4. The van der Waals surface area contributed by atoms with E-state index in [9.17, 15) is 18.0 Å². The normalized spacial score (nSPS) is 11.6. The van der Waals surface area contributed by atoms with Gasteiger partial charge in [-0.1, -0.05) is 25.4 Å². The van der Waals surface area contributed by atoms with Crippen LogP contribution in [0, 0.1) is 6.92 Å². The lowest BCUT2D eigenvalue weighted by atomic mass is 10.1. The fraction of sp³-hybridized carbons (Fsp3) is 0.333. The summed E-state index contributed by atoms with van der Waals surface area (Å²) >= 11 is 6.05. The number of anilines is 2. The van der Waals surface area contributed by atoms with Crippen molar-refractivity contribution in [2.24, 2.45) is 0 Å². The third kappa shape index (κ3) is 6.47. The van der Waals surface area contributed by atoms with Gasteiger partial charge in [0.2, 0.25) is 15.9 Å². The van der Waals surface area contributed by atoms with E-state index in [0.29, 0.717) is 70.4 Å². The van der Waals surface area contributed by atoms with Crippen LogP contribution < -0.4 is 15.0 Å². The highest BCUT2D eigenvalue weighted by Gasteiger charge is 2.26. The number of nitrogens with zero attached hydrogens (tertiary/aromatic N) is 3. The van der Waals surface area contributed by atoms with Gasteiger partial charge in [-0.15, -0.1) is 0 Å². The fourth-order valence-electron chi connectivity index (χ4n) is 5.48. The number of amides is 1. The Bertz CT molecular complexity index is 1780. The molecule has 0 aliphatic carbocycles. The summed E-state index contributed by atoms with van der Waals surface area (Å²) in [4.78, 5) is 29.6. The third-order valence-electron chi connectivity index (χ3n) is 7.86. The van der Waals surface area contributed by atoms with Crippen LogP contribution in [0.2, 0.25) is 5.02 Å². The van der Waals surface area contributed by atoms with Gasteiger partial charge in [0.15, 0.2) is 0 Å². The molecule has 234 valence electrons. The fourth-order valence-corrected chi connectivity index (χ4v) is 7.09. The summed E-state index contributed by atoms with van der Waals surface area (Å²) in [7, 11) is -2.19. The first-order valence-corrected chi connectivity index (χ1v) is 16.5. The maximum atomic E-state index is 13.7. The Morgan fingerprint density at radius 3 is 2.16 bits per heavy atom. The zero-order chi connectivity index (χ0) is 32.2. The van der Waals surface area contributed by atoms with Crippen LogP contribution in [0.3, 0.4) is 0 Å². The first-order chi connectivity index (χ1) is 21.0. The molecule has 3 aromatic carbocycles. The molecule has 9 nitrogen and oxygen atoms in total. The number of ether oxygens (including phenoxy) is 1. The van der Waals surface area contributed by atoms with Crippen LogP contribution in [-0.2, 0) is 21.2 Å². The van der Waals surface area contributed by atoms with Crippen molar-refractivity contribution in [2.45, 2.75) is 45.9 Å². The van der Waals surface area contributed by atoms with Crippen LogP contribution in [0.4, 0.5) is 11.4 Å². The van der Waals surface area contributed by atoms with Gasteiger partial charge in [-0.2, -0.15) is 4.31 Å². The zero-order valence-corrected chi connectivity index (χ0v) is 27.6. The Morgan fingerprint density at radius 2 is 1.57 bits per heavy atom. The number of fused-ring (bicyclic) bond motifs is 1. The van der Waals surface area contributed by atoms with Gasteiger partial charge < -0.3 is 15.0 Å². The highest BCUT2D eigenvalue weighted by Crippen LogP contribution is 2.33. The molecule has 0 radical (unpaired) electrons. The number of sulfonamides is 1. The molecule has 0 fully saturated rings. The number of methoxy groups -OCH3 is 1. The van der Waals surface area contributed by atoms with Gasteiger partial charge in [-0.25, -0.2) is 8.42 Å². The summed E-state index contributed by atoms with van der Waals surface area (Å²) in [6.07, 6.45) is -0.0545. The third-order valence-corrected chi connectivity index (χ3v) is 10.2. The molecule has 0 saturated carbocycles.